The zero-order valence-corrected chi connectivity index (χ0v) is 19.4. The number of halogens is 2. The fourth-order valence-electron chi connectivity index (χ4n) is 4.19. The molecule has 174 valence electrons. The average Bonchev–Trinajstić information content (AvgIpc) is 2.79. The fraction of sp³-hybridized carbons (Fsp3) is 0.320. The highest BCUT2D eigenvalue weighted by Gasteiger charge is 2.30. The summed E-state index contributed by atoms with van der Waals surface area (Å²) < 4.78 is 34.6. The van der Waals surface area contributed by atoms with Crippen molar-refractivity contribution in [1.29, 1.82) is 0 Å². The van der Waals surface area contributed by atoms with Crippen molar-refractivity contribution >= 4 is 17.0 Å². The zero-order valence-electron chi connectivity index (χ0n) is 19.4. The molecule has 0 saturated carbocycles. The van der Waals surface area contributed by atoms with Crippen LogP contribution < -0.4 is 4.90 Å². The summed E-state index contributed by atoms with van der Waals surface area (Å²) in [5, 5.41) is 0.613. The first kappa shape index (κ1) is 22.2. The van der Waals surface area contributed by atoms with Crippen LogP contribution in [0.25, 0.3) is 22.3 Å². The number of nitrogens with zero attached hydrogens (tertiary/aromatic N) is 6. The molecular weight excluding hydrogens is 438 g/mol. The van der Waals surface area contributed by atoms with Gasteiger partial charge in [-0.05, 0) is 57.5 Å². The molecule has 1 aliphatic heterocycles. The van der Waals surface area contributed by atoms with Gasteiger partial charge in [0.25, 0.3) is 0 Å². The van der Waals surface area contributed by atoms with Crippen LogP contribution in [-0.4, -0.2) is 44.1 Å². The van der Waals surface area contributed by atoms with Gasteiger partial charge in [0.2, 0.25) is 5.95 Å². The first-order valence-corrected chi connectivity index (χ1v) is 11.1. The van der Waals surface area contributed by atoms with Crippen molar-refractivity contribution < 1.29 is 13.5 Å². The molecule has 0 N–H and O–H groups in total. The molecule has 1 aliphatic rings. The first-order valence-electron chi connectivity index (χ1n) is 11.1. The zero-order chi connectivity index (χ0) is 24.0. The van der Waals surface area contributed by atoms with Crippen LogP contribution in [0.15, 0.2) is 36.5 Å². The summed E-state index contributed by atoms with van der Waals surface area (Å²) in [6.07, 6.45) is 1.29. The Hall–Kier alpha value is -3.59. The molecule has 0 radical (unpaired) electrons. The predicted octanol–water partition coefficient (Wildman–Crippen LogP) is 4.65. The van der Waals surface area contributed by atoms with Gasteiger partial charge in [0.1, 0.15) is 23.6 Å². The van der Waals surface area contributed by atoms with E-state index in [1.54, 1.807) is 6.20 Å². The van der Waals surface area contributed by atoms with E-state index in [0.29, 0.717) is 41.6 Å². The number of anilines is 1. The Morgan fingerprint density at radius 1 is 0.971 bits per heavy atom. The van der Waals surface area contributed by atoms with Gasteiger partial charge >= 0.3 is 0 Å². The quantitative estimate of drug-likeness (QED) is 0.439. The molecule has 7 nitrogen and oxygen atoms in total. The van der Waals surface area contributed by atoms with Crippen LogP contribution in [0.2, 0.25) is 0 Å². The third kappa shape index (κ3) is 4.19. The van der Waals surface area contributed by atoms with Crippen molar-refractivity contribution in [3.05, 3.63) is 70.9 Å². The molecule has 0 bridgehead atoms. The summed E-state index contributed by atoms with van der Waals surface area (Å²) in [4.78, 5) is 24.8. The van der Waals surface area contributed by atoms with Crippen molar-refractivity contribution in [3.8, 4) is 11.3 Å². The Balaban J connectivity index is 1.64. The van der Waals surface area contributed by atoms with Crippen molar-refractivity contribution in [2.75, 3.05) is 18.0 Å². The highest BCUT2D eigenvalue weighted by molar-refractivity contribution is 5.92. The van der Waals surface area contributed by atoms with Gasteiger partial charge in [-0.25, -0.2) is 28.7 Å². The molecule has 0 amide bonds. The van der Waals surface area contributed by atoms with Crippen LogP contribution in [0.1, 0.15) is 35.8 Å². The van der Waals surface area contributed by atoms with Gasteiger partial charge in [0.15, 0.2) is 5.65 Å². The molecule has 1 fully saturated rings. The molecule has 2 unspecified atom stereocenters. The summed E-state index contributed by atoms with van der Waals surface area (Å²) >= 11 is 0. The third-order valence-corrected chi connectivity index (χ3v) is 5.98. The summed E-state index contributed by atoms with van der Waals surface area (Å²) in [6, 6.07) is 7.22. The standard InChI is InChI=1S/C25H24F2N6O/c1-13-9-19-23(18-6-5-17(26)10-20(18)27)31-25(32-24(19)29-15(13)3)33-11-14(2)34-22(12-33)21-7-8-28-16(4)30-21/h5-10,14,22H,11-12H2,1-4H3. The Labute approximate surface area is 195 Å². The first-order chi connectivity index (χ1) is 16.3. The van der Waals surface area contributed by atoms with Gasteiger partial charge in [-0.2, -0.15) is 4.98 Å². The van der Waals surface area contributed by atoms with Crippen molar-refractivity contribution in [2.24, 2.45) is 0 Å². The number of fused-ring (bicyclic) bond motifs is 1. The largest absolute Gasteiger partial charge is 0.365 e. The van der Waals surface area contributed by atoms with E-state index in [4.69, 9.17) is 14.7 Å². The normalized spacial score (nSPS) is 18.5. The van der Waals surface area contributed by atoms with E-state index in [9.17, 15) is 8.78 Å². The van der Waals surface area contributed by atoms with Gasteiger partial charge in [-0.3, -0.25) is 0 Å². The smallest absolute Gasteiger partial charge is 0.228 e. The molecular formula is C25H24F2N6O. The number of hydrogen-bond donors (Lipinski definition) is 0. The Kier molecular flexibility index (Phi) is 5.65. The maximum absolute atomic E-state index is 14.8. The van der Waals surface area contributed by atoms with Crippen molar-refractivity contribution in [3.63, 3.8) is 0 Å². The Morgan fingerprint density at radius 3 is 2.56 bits per heavy atom. The van der Waals surface area contributed by atoms with Crippen LogP contribution in [-0.2, 0) is 4.74 Å². The molecule has 1 aromatic carbocycles. The van der Waals surface area contributed by atoms with Gasteiger partial charge < -0.3 is 9.64 Å². The predicted molar refractivity (Wildman–Crippen MR) is 124 cm³/mol. The van der Waals surface area contributed by atoms with Crippen molar-refractivity contribution in [1.82, 2.24) is 24.9 Å². The highest BCUT2D eigenvalue weighted by atomic mass is 19.1. The maximum Gasteiger partial charge on any atom is 0.228 e. The van der Waals surface area contributed by atoms with Crippen LogP contribution >= 0.6 is 0 Å². The summed E-state index contributed by atoms with van der Waals surface area (Å²) in [5.41, 5.74) is 3.57. The van der Waals surface area contributed by atoms with Gasteiger partial charge in [-0.1, -0.05) is 0 Å². The van der Waals surface area contributed by atoms with Gasteiger partial charge in [-0.15, -0.1) is 0 Å². The molecule has 0 aliphatic carbocycles. The van der Waals surface area contributed by atoms with Gasteiger partial charge in [0, 0.05) is 35.5 Å². The summed E-state index contributed by atoms with van der Waals surface area (Å²) in [5.74, 6) is -0.256. The van der Waals surface area contributed by atoms with Crippen LogP contribution in [0.4, 0.5) is 14.7 Å². The maximum atomic E-state index is 14.8. The van der Waals surface area contributed by atoms with Gasteiger partial charge in [0.05, 0.1) is 24.0 Å². The number of pyridine rings is 1. The molecule has 3 aromatic heterocycles. The minimum Gasteiger partial charge on any atom is -0.365 e. The fourth-order valence-corrected chi connectivity index (χ4v) is 4.19. The monoisotopic (exact) mass is 462 g/mol. The average molecular weight is 463 g/mol. The second-order valence-corrected chi connectivity index (χ2v) is 8.63. The summed E-state index contributed by atoms with van der Waals surface area (Å²) in [7, 11) is 0. The lowest BCUT2D eigenvalue weighted by Crippen LogP contribution is -2.44. The Bertz CT molecular complexity index is 1400. The van der Waals surface area contributed by atoms with Crippen LogP contribution in [0.3, 0.4) is 0 Å². The minimum atomic E-state index is -0.686. The highest BCUT2D eigenvalue weighted by Crippen LogP contribution is 2.33. The number of aryl methyl sites for hydroxylation is 3. The SMILES string of the molecule is Cc1nccc(C2CN(c3nc(-c4ccc(F)cc4F)c4cc(C)c(C)nc4n3)CC(C)O2)n1. The number of benzene rings is 1. The second kappa shape index (κ2) is 8.64. The lowest BCUT2D eigenvalue weighted by molar-refractivity contribution is -0.0201. The topological polar surface area (TPSA) is 76.9 Å². The summed E-state index contributed by atoms with van der Waals surface area (Å²) in [6.45, 7) is 8.64. The second-order valence-electron chi connectivity index (χ2n) is 8.63. The van der Waals surface area contributed by atoms with E-state index in [1.165, 1.54) is 12.1 Å². The van der Waals surface area contributed by atoms with E-state index >= 15 is 0 Å². The molecule has 4 heterocycles. The molecule has 0 spiro atoms. The number of aromatic nitrogens is 5. The van der Waals surface area contributed by atoms with E-state index in [1.807, 2.05) is 44.7 Å². The van der Waals surface area contributed by atoms with Crippen LogP contribution in [0.5, 0.6) is 0 Å². The molecule has 9 heteroatoms. The van der Waals surface area contributed by atoms with Crippen LogP contribution in [0, 0.1) is 32.4 Å². The lowest BCUT2D eigenvalue weighted by atomic mass is 10.1. The molecule has 34 heavy (non-hydrogen) atoms. The van der Waals surface area contributed by atoms with E-state index < -0.39 is 11.6 Å². The third-order valence-electron chi connectivity index (χ3n) is 5.98. The molecule has 4 aromatic rings. The number of morpholine rings is 1. The molecule has 1 saturated heterocycles. The number of rotatable bonds is 3. The number of hydrogen-bond acceptors (Lipinski definition) is 7. The lowest BCUT2D eigenvalue weighted by Gasteiger charge is -2.36. The van der Waals surface area contributed by atoms with E-state index in [2.05, 4.69) is 15.0 Å². The van der Waals surface area contributed by atoms with Crippen molar-refractivity contribution in [2.45, 2.75) is 39.9 Å². The van der Waals surface area contributed by atoms with E-state index in [0.717, 1.165) is 23.0 Å². The minimum absolute atomic E-state index is 0.118. The molecule has 5 rings (SSSR count). The number of ether oxygens (including phenoxy) is 1. The molecule has 2 atom stereocenters. The Morgan fingerprint density at radius 2 is 1.79 bits per heavy atom. The van der Waals surface area contributed by atoms with E-state index in [-0.39, 0.29) is 17.8 Å².